The second kappa shape index (κ2) is 6.60. The minimum atomic E-state index is -4.62. The fraction of sp³-hybridized carbons (Fsp3) is 0. The van der Waals surface area contributed by atoms with E-state index in [1.165, 1.54) is 10.3 Å². The summed E-state index contributed by atoms with van der Waals surface area (Å²) < 4.78 is 89.7. The molecule has 2 aromatic carbocycles. The molecule has 0 radical (unpaired) electrons. The first-order valence-electron chi connectivity index (χ1n) is 6.10. The van der Waals surface area contributed by atoms with Crippen LogP contribution >= 0.6 is 0 Å². The lowest BCUT2D eigenvalue weighted by molar-refractivity contribution is -0.385. The predicted octanol–water partition coefficient (Wildman–Crippen LogP) is 2.60. The fourth-order valence-corrected chi connectivity index (χ4v) is 2.54. The van der Waals surface area contributed by atoms with Crippen molar-refractivity contribution >= 4 is 21.4 Å². The number of hydrazine groups is 1. The Balaban J connectivity index is 2.36. The summed E-state index contributed by atoms with van der Waals surface area (Å²) in [5.41, 5.74) is -0.859. The van der Waals surface area contributed by atoms with E-state index < -0.39 is 60.3 Å². The van der Waals surface area contributed by atoms with Crippen LogP contribution in [-0.2, 0) is 10.0 Å². The van der Waals surface area contributed by atoms with Crippen molar-refractivity contribution in [1.29, 1.82) is 0 Å². The van der Waals surface area contributed by atoms with E-state index in [9.17, 15) is 40.5 Å². The third kappa shape index (κ3) is 3.51. The number of anilines is 1. The highest BCUT2D eigenvalue weighted by molar-refractivity contribution is 7.89. The molecule has 0 spiro atoms. The third-order valence-electron chi connectivity index (χ3n) is 2.86. The SMILES string of the molecule is O=[N+]([O-])c1cccc(S(=O)(=O)NNc2c(F)c(F)c(F)c(F)c2F)c1. The van der Waals surface area contributed by atoms with E-state index in [-0.39, 0.29) is 0 Å². The normalized spacial score (nSPS) is 11.4. The molecule has 0 fully saturated rings. The van der Waals surface area contributed by atoms with Gasteiger partial charge in [-0.05, 0) is 6.07 Å². The van der Waals surface area contributed by atoms with Gasteiger partial charge in [-0.2, -0.15) is 0 Å². The van der Waals surface area contributed by atoms with Crippen LogP contribution in [0.25, 0.3) is 0 Å². The van der Waals surface area contributed by atoms with E-state index in [1.54, 1.807) is 0 Å². The maximum Gasteiger partial charge on any atom is 0.270 e. The molecule has 0 atom stereocenters. The molecular formula is C12H6F5N3O4S. The van der Waals surface area contributed by atoms with Crippen LogP contribution < -0.4 is 10.3 Å². The first kappa shape index (κ1) is 18.5. The number of non-ortho nitro benzene ring substituents is 1. The van der Waals surface area contributed by atoms with Crippen molar-refractivity contribution in [2.45, 2.75) is 4.90 Å². The highest BCUT2D eigenvalue weighted by Gasteiger charge is 2.27. The van der Waals surface area contributed by atoms with Crippen LogP contribution in [-0.4, -0.2) is 13.3 Å². The van der Waals surface area contributed by atoms with Gasteiger partial charge in [0.05, 0.1) is 9.82 Å². The largest absolute Gasteiger partial charge is 0.302 e. The van der Waals surface area contributed by atoms with Gasteiger partial charge in [-0.25, -0.2) is 30.4 Å². The van der Waals surface area contributed by atoms with E-state index in [1.807, 2.05) is 0 Å². The second-order valence-corrected chi connectivity index (χ2v) is 6.11. The van der Waals surface area contributed by atoms with E-state index in [2.05, 4.69) is 0 Å². The van der Waals surface area contributed by atoms with Crippen molar-refractivity contribution in [3.63, 3.8) is 0 Å². The molecule has 2 aromatic rings. The first-order chi connectivity index (χ1) is 11.6. The van der Waals surface area contributed by atoms with Gasteiger partial charge in [0.15, 0.2) is 23.3 Å². The summed E-state index contributed by atoms with van der Waals surface area (Å²) in [5.74, 6) is -11.6. The van der Waals surface area contributed by atoms with Crippen LogP contribution in [0.5, 0.6) is 0 Å². The highest BCUT2D eigenvalue weighted by atomic mass is 32.2. The molecule has 0 amide bonds. The zero-order chi connectivity index (χ0) is 18.9. The third-order valence-corrected chi connectivity index (χ3v) is 4.10. The Morgan fingerprint density at radius 2 is 1.44 bits per heavy atom. The number of rotatable bonds is 5. The van der Waals surface area contributed by atoms with Crippen LogP contribution in [0.4, 0.5) is 33.3 Å². The quantitative estimate of drug-likeness (QED) is 0.272. The van der Waals surface area contributed by atoms with Gasteiger partial charge < -0.3 is 5.43 Å². The zero-order valence-electron chi connectivity index (χ0n) is 11.7. The average Bonchev–Trinajstić information content (AvgIpc) is 2.58. The van der Waals surface area contributed by atoms with Crippen LogP contribution in [0, 0.1) is 39.2 Å². The van der Waals surface area contributed by atoms with Gasteiger partial charge in [-0.15, -0.1) is 4.83 Å². The molecule has 0 saturated heterocycles. The van der Waals surface area contributed by atoms with Crippen molar-refractivity contribution in [2.75, 3.05) is 5.43 Å². The Morgan fingerprint density at radius 1 is 0.920 bits per heavy atom. The summed E-state index contributed by atoms with van der Waals surface area (Å²) in [5, 5.41) is 10.6. The molecule has 2 rings (SSSR count). The lowest BCUT2D eigenvalue weighted by Gasteiger charge is -2.12. The molecule has 0 aliphatic rings. The molecule has 0 saturated carbocycles. The average molecular weight is 383 g/mol. The topological polar surface area (TPSA) is 101 Å². The summed E-state index contributed by atoms with van der Waals surface area (Å²) in [6.07, 6.45) is 0. The lowest BCUT2D eigenvalue weighted by Crippen LogP contribution is -2.31. The van der Waals surface area contributed by atoms with Crippen LogP contribution in [0.15, 0.2) is 29.2 Å². The van der Waals surface area contributed by atoms with Crippen LogP contribution in [0.3, 0.4) is 0 Å². The molecule has 0 bridgehead atoms. The van der Waals surface area contributed by atoms with Gasteiger partial charge in [0.1, 0.15) is 5.69 Å². The molecule has 2 N–H and O–H groups in total. The predicted molar refractivity (Wildman–Crippen MR) is 73.3 cm³/mol. The monoisotopic (exact) mass is 383 g/mol. The number of sulfonamides is 1. The van der Waals surface area contributed by atoms with E-state index >= 15 is 0 Å². The maximum absolute atomic E-state index is 13.4. The number of hydrogen-bond acceptors (Lipinski definition) is 5. The van der Waals surface area contributed by atoms with E-state index in [0.29, 0.717) is 6.07 Å². The molecule has 13 heteroatoms. The van der Waals surface area contributed by atoms with Crippen molar-refractivity contribution in [3.8, 4) is 0 Å². The maximum atomic E-state index is 13.4. The molecule has 0 aromatic heterocycles. The molecule has 25 heavy (non-hydrogen) atoms. The Morgan fingerprint density at radius 3 is 1.96 bits per heavy atom. The zero-order valence-corrected chi connectivity index (χ0v) is 12.5. The number of nitrogens with zero attached hydrogens (tertiary/aromatic N) is 1. The molecule has 0 aliphatic carbocycles. The van der Waals surface area contributed by atoms with E-state index in [4.69, 9.17) is 0 Å². The standard InChI is InChI=1S/C12H6F5N3O4S/c13-7-8(14)10(16)12(11(17)9(7)15)18-19-25(23,24)6-3-1-2-5(4-6)20(21)22/h1-4,18-19H. The second-order valence-electron chi connectivity index (χ2n) is 4.43. The van der Waals surface area contributed by atoms with Crippen LogP contribution in [0.1, 0.15) is 0 Å². The lowest BCUT2D eigenvalue weighted by atomic mass is 10.2. The molecule has 134 valence electrons. The summed E-state index contributed by atoms with van der Waals surface area (Å²) in [6.45, 7) is 0. The van der Waals surface area contributed by atoms with Crippen molar-refractivity contribution in [2.24, 2.45) is 0 Å². The van der Waals surface area contributed by atoms with Crippen molar-refractivity contribution < 1.29 is 35.3 Å². The number of benzene rings is 2. The van der Waals surface area contributed by atoms with Gasteiger partial charge in [-0.3, -0.25) is 10.1 Å². The Hall–Kier alpha value is -2.80. The van der Waals surface area contributed by atoms with Gasteiger partial charge in [0.2, 0.25) is 5.82 Å². The first-order valence-corrected chi connectivity index (χ1v) is 7.58. The number of hydrogen-bond donors (Lipinski definition) is 2. The molecule has 0 heterocycles. The molecule has 7 nitrogen and oxygen atoms in total. The van der Waals surface area contributed by atoms with Gasteiger partial charge >= 0.3 is 0 Å². The highest BCUT2D eigenvalue weighted by Crippen LogP contribution is 2.27. The minimum Gasteiger partial charge on any atom is -0.302 e. The summed E-state index contributed by atoms with van der Waals surface area (Å²) >= 11 is 0. The summed E-state index contributed by atoms with van der Waals surface area (Å²) in [7, 11) is -4.62. The van der Waals surface area contributed by atoms with Crippen LogP contribution in [0.2, 0.25) is 0 Å². The van der Waals surface area contributed by atoms with Crippen molar-refractivity contribution in [1.82, 2.24) is 4.83 Å². The number of nitro groups is 1. The Kier molecular flexibility index (Phi) is 4.89. The van der Waals surface area contributed by atoms with Crippen molar-refractivity contribution in [3.05, 3.63) is 63.5 Å². The molecule has 0 aliphatic heterocycles. The minimum absolute atomic E-state index is 0.598. The smallest absolute Gasteiger partial charge is 0.270 e. The number of halogens is 5. The van der Waals surface area contributed by atoms with Gasteiger partial charge in [0.25, 0.3) is 15.7 Å². The molecule has 0 unspecified atom stereocenters. The molecular weight excluding hydrogens is 377 g/mol. The number of nitro benzene ring substituents is 1. The summed E-state index contributed by atoms with van der Waals surface area (Å²) in [4.78, 5) is 10.4. The van der Waals surface area contributed by atoms with Gasteiger partial charge in [-0.1, -0.05) is 6.07 Å². The number of nitrogens with one attached hydrogen (secondary N) is 2. The van der Waals surface area contributed by atoms with E-state index in [0.717, 1.165) is 18.2 Å². The fourth-order valence-electron chi connectivity index (χ4n) is 1.66. The van der Waals surface area contributed by atoms with Gasteiger partial charge in [0, 0.05) is 12.1 Å². The Labute approximate surface area is 136 Å². The Bertz CT molecular complexity index is 938. The summed E-state index contributed by atoms with van der Waals surface area (Å²) in [6, 6.07) is 3.54.